The van der Waals surface area contributed by atoms with E-state index in [4.69, 9.17) is 10.00 Å². The monoisotopic (exact) mass is 461 g/mol. The van der Waals surface area contributed by atoms with Crippen LogP contribution in [0, 0.1) is 57.9 Å². The molecule has 194 valence electrons. The van der Waals surface area contributed by atoms with Gasteiger partial charge < -0.3 is 4.74 Å². The van der Waals surface area contributed by atoms with Gasteiger partial charge in [0.15, 0.2) is 0 Å². The highest BCUT2D eigenvalue weighted by Gasteiger charge is 2.60. The molecule has 4 aliphatic rings. The van der Waals surface area contributed by atoms with Crippen molar-refractivity contribution in [1.29, 1.82) is 5.26 Å². The van der Waals surface area contributed by atoms with Gasteiger partial charge in [0.05, 0.1) is 0 Å². The second kappa shape index (κ2) is 14.6. The Labute approximate surface area is 208 Å². The minimum absolute atomic E-state index is 0.559. The molecule has 0 spiro atoms. The predicted octanol–water partition coefficient (Wildman–Crippen LogP) is 10.0. The van der Waals surface area contributed by atoms with Gasteiger partial charge in [0, 0.05) is 0 Å². The minimum Gasteiger partial charge on any atom is -0.428 e. The Kier molecular flexibility index (Phi) is 13.4. The predicted molar refractivity (Wildman–Crippen MR) is 144 cm³/mol. The Hall–Kier alpha value is -0.710. The van der Waals surface area contributed by atoms with E-state index >= 15 is 0 Å². The zero-order valence-electron chi connectivity index (χ0n) is 24.0. The first-order valence-corrected chi connectivity index (χ1v) is 15.1. The summed E-state index contributed by atoms with van der Waals surface area (Å²) in [7, 11) is 0. The molecule has 0 aromatic rings. The van der Waals surface area contributed by atoms with Gasteiger partial charge in [-0.1, -0.05) is 81.6 Å². The Morgan fingerprint density at radius 1 is 0.818 bits per heavy atom. The maximum atomic E-state index is 8.62. The van der Waals surface area contributed by atoms with Gasteiger partial charge in [0.2, 0.25) is 0 Å². The maximum Gasteiger partial charge on any atom is 0.286 e. The zero-order valence-corrected chi connectivity index (χ0v) is 24.0. The number of rotatable bonds is 5. The molecule has 2 nitrogen and oxygen atoms in total. The van der Waals surface area contributed by atoms with Gasteiger partial charge in [-0.25, -0.2) is 0 Å². The molecule has 2 heteroatoms. The third-order valence-corrected chi connectivity index (χ3v) is 10.3. The average molecular weight is 462 g/mol. The smallest absolute Gasteiger partial charge is 0.286 e. The lowest BCUT2D eigenvalue weighted by atomic mass is 9.42. The van der Waals surface area contributed by atoms with E-state index in [2.05, 4.69) is 20.8 Å². The highest BCUT2D eigenvalue weighted by Crippen LogP contribution is 2.69. The van der Waals surface area contributed by atoms with Crippen LogP contribution in [0.3, 0.4) is 0 Å². The normalized spacial score (nSPS) is 40.5. The molecule has 4 aliphatic carbocycles. The molecule has 0 saturated heterocycles. The minimum atomic E-state index is 0.559. The molecule has 6 unspecified atom stereocenters. The van der Waals surface area contributed by atoms with Crippen molar-refractivity contribution in [3.05, 3.63) is 0 Å². The molecular formula is C31H59NO. The molecule has 0 heterocycles. The molecule has 4 saturated carbocycles. The molecule has 8 atom stereocenters. The summed E-state index contributed by atoms with van der Waals surface area (Å²) in [5, 5.41) is 8.62. The third-order valence-electron chi connectivity index (χ3n) is 10.3. The van der Waals surface area contributed by atoms with Crippen LogP contribution in [0.15, 0.2) is 0 Å². The van der Waals surface area contributed by atoms with Crippen molar-refractivity contribution in [2.75, 3.05) is 6.61 Å². The fraction of sp³-hybridized carbons (Fsp3) is 0.968. The lowest BCUT2D eigenvalue weighted by molar-refractivity contribution is -0.135. The Morgan fingerprint density at radius 2 is 1.48 bits per heavy atom. The van der Waals surface area contributed by atoms with E-state index in [-0.39, 0.29) is 0 Å². The molecule has 0 N–H and O–H groups in total. The van der Waals surface area contributed by atoms with E-state index in [0.29, 0.717) is 17.4 Å². The van der Waals surface area contributed by atoms with Crippen LogP contribution in [0.2, 0.25) is 0 Å². The molecular weight excluding hydrogens is 402 g/mol. The summed E-state index contributed by atoms with van der Waals surface area (Å²) >= 11 is 0. The number of ether oxygens (including phenoxy) is 1. The number of nitrogens with zero attached hydrogens (tertiary/aromatic N) is 1. The van der Waals surface area contributed by atoms with E-state index in [9.17, 15) is 0 Å². The summed E-state index contributed by atoms with van der Waals surface area (Å²) in [5.74, 6) is 5.83. The highest BCUT2D eigenvalue weighted by atomic mass is 16.5. The first-order valence-electron chi connectivity index (χ1n) is 15.1. The molecule has 0 radical (unpaired) electrons. The van der Waals surface area contributed by atoms with E-state index in [1.165, 1.54) is 70.6 Å². The summed E-state index contributed by atoms with van der Waals surface area (Å²) in [6.07, 6.45) is 18.9. The van der Waals surface area contributed by atoms with E-state index in [1.54, 1.807) is 0 Å². The molecule has 4 fully saturated rings. The van der Waals surface area contributed by atoms with Gasteiger partial charge in [-0.15, -0.1) is 0 Å². The van der Waals surface area contributed by atoms with Gasteiger partial charge in [-0.05, 0) is 104 Å². The topological polar surface area (TPSA) is 33.0 Å². The van der Waals surface area contributed by atoms with Crippen LogP contribution in [0.4, 0.5) is 0 Å². The Morgan fingerprint density at radius 3 is 2.12 bits per heavy atom. The van der Waals surface area contributed by atoms with Crippen LogP contribution in [0.5, 0.6) is 0 Å². The van der Waals surface area contributed by atoms with Crippen LogP contribution >= 0.6 is 0 Å². The van der Waals surface area contributed by atoms with E-state index < -0.39 is 0 Å². The van der Waals surface area contributed by atoms with Gasteiger partial charge in [-0.2, -0.15) is 5.26 Å². The molecule has 33 heavy (non-hydrogen) atoms. The lowest BCUT2D eigenvalue weighted by Gasteiger charge is -2.62. The van der Waals surface area contributed by atoms with Crippen LogP contribution in [-0.4, -0.2) is 6.61 Å². The van der Waals surface area contributed by atoms with Crippen LogP contribution in [0.25, 0.3) is 0 Å². The SMILES string of the molecule is CC.CC.CC.CC[C@H]1CC2C3CCC(CCCOC#N)C3(C)CC[C@@H]2C2(C)CCCCC12. The van der Waals surface area contributed by atoms with Crippen molar-refractivity contribution in [1.82, 2.24) is 0 Å². The van der Waals surface area contributed by atoms with Gasteiger partial charge >= 0.3 is 0 Å². The van der Waals surface area contributed by atoms with Gasteiger partial charge in [-0.3, -0.25) is 0 Å². The maximum absolute atomic E-state index is 8.62. The molecule has 0 amide bonds. The first-order chi connectivity index (χ1) is 16.0. The van der Waals surface area contributed by atoms with Crippen molar-refractivity contribution < 1.29 is 4.74 Å². The summed E-state index contributed by atoms with van der Waals surface area (Å²) in [6.45, 7) is 20.4. The van der Waals surface area contributed by atoms with Crippen LogP contribution < -0.4 is 0 Å². The lowest BCUT2D eigenvalue weighted by Crippen LogP contribution is -2.55. The standard InChI is InChI=1S/C25H41NO.3C2H6/c1-4-18-16-20-22-11-10-19(8-7-15-27-17-26)24(22,2)14-12-23(20)25(3)13-6-5-9-21(18)25;3*1-2/h18-23H,4-16H2,1-3H3;3*1-2H3/t18-,19?,20?,21?,22?,23-,24?,25?;;;/m0.../s1. The van der Waals surface area contributed by atoms with Crippen molar-refractivity contribution in [2.24, 2.45) is 46.3 Å². The highest BCUT2D eigenvalue weighted by molar-refractivity contribution is 5.10. The van der Waals surface area contributed by atoms with Crippen LogP contribution in [0.1, 0.15) is 139 Å². The average Bonchev–Trinajstić information content (AvgIpc) is 3.21. The van der Waals surface area contributed by atoms with Crippen molar-refractivity contribution >= 4 is 0 Å². The molecule has 0 aromatic heterocycles. The molecule has 0 aromatic carbocycles. The first kappa shape index (κ1) is 30.3. The number of nitriles is 1. The summed E-state index contributed by atoms with van der Waals surface area (Å²) in [6, 6.07) is 0. The molecule has 4 rings (SSSR count). The van der Waals surface area contributed by atoms with Gasteiger partial charge in [0.1, 0.15) is 6.61 Å². The van der Waals surface area contributed by atoms with Crippen molar-refractivity contribution in [3.8, 4) is 6.26 Å². The van der Waals surface area contributed by atoms with E-state index in [0.717, 1.165) is 41.9 Å². The number of hydrogen-bond donors (Lipinski definition) is 0. The molecule has 0 aliphatic heterocycles. The second-order valence-electron chi connectivity index (χ2n) is 11.0. The van der Waals surface area contributed by atoms with Crippen molar-refractivity contribution in [3.63, 3.8) is 0 Å². The Bertz CT molecular complexity index is 568. The fourth-order valence-corrected chi connectivity index (χ4v) is 9.05. The molecule has 0 bridgehead atoms. The summed E-state index contributed by atoms with van der Waals surface area (Å²) in [4.78, 5) is 0. The van der Waals surface area contributed by atoms with Gasteiger partial charge in [0.25, 0.3) is 6.26 Å². The van der Waals surface area contributed by atoms with Crippen LogP contribution in [-0.2, 0) is 4.74 Å². The fourth-order valence-electron chi connectivity index (χ4n) is 9.05. The number of hydrogen-bond acceptors (Lipinski definition) is 2. The number of fused-ring (bicyclic) bond motifs is 5. The Balaban J connectivity index is 0.000000841. The summed E-state index contributed by atoms with van der Waals surface area (Å²) < 4.78 is 4.95. The quantitative estimate of drug-likeness (QED) is 0.301. The largest absolute Gasteiger partial charge is 0.428 e. The van der Waals surface area contributed by atoms with E-state index in [1.807, 2.05) is 47.8 Å². The zero-order chi connectivity index (χ0) is 25.1. The van der Waals surface area contributed by atoms with Crippen molar-refractivity contribution in [2.45, 2.75) is 139 Å². The third kappa shape index (κ3) is 6.11. The second-order valence-corrected chi connectivity index (χ2v) is 11.0. The summed E-state index contributed by atoms with van der Waals surface area (Å²) in [5.41, 5.74) is 1.20.